The topological polar surface area (TPSA) is 88.3 Å². The summed E-state index contributed by atoms with van der Waals surface area (Å²) in [6.45, 7) is 1.84. The number of nitrogens with one attached hydrogen (secondary N) is 1. The van der Waals surface area contributed by atoms with Gasteiger partial charge in [0.1, 0.15) is 5.01 Å². The SMILES string of the molecule is NC(=O)CN1CCC(NC(=O)C=Cc2nc3ccccc3s2)CC1. The number of fused-ring (bicyclic) bond motifs is 1. The van der Waals surface area contributed by atoms with Crippen molar-refractivity contribution in [3.63, 3.8) is 0 Å². The summed E-state index contributed by atoms with van der Waals surface area (Å²) in [7, 11) is 0. The Morgan fingerprint density at radius 2 is 2.08 bits per heavy atom. The van der Waals surface area contributed by atoms with Crippen LogP contribution >= 0.6 is 11.3 Å². The monoisotopic (exact) mass is 344 g/mol. The summed E-state index contributed by atoms with van der Waals surface area (Å²) >= 11 is 1.56. The molecule has 1 aliphatic heterocycles. The molecule has 2 heterocycles. The van der Waals surface area contributed by atoms with Gasteiger partial charge in [0.25, 0.3) is 0 Å². The molecule has 1 aromatic carbocycles. The highest BCUT2D eigenvalue weighted by atomic mass is 32.1. The summed E-state index contributed by atoms with van der Waals surface area (Å²) in [5.74, 6) is -0.418. The van der Waals surface area contributed by atoms with E-state index in [1.165, 1.54) is 6.08 Å². The number of benzene rings is 1. The van der Waals surface area contributed by atoms with Crippen LogP contribution in [0.25, 0.3) is 16.3 Å². The molecular weight excluding hydrogens is 324 g/mol. The Bertz CT molecular complexity index is 730. The van der Waals surface area contributed by atoms with Crippen molar-refractivity contribution in [2.45, 2.75) is 18.9 Å². The van der Waals surface area contributed by atoms with Crippen LogP contribution in [-0.2, 0) is 9.59 Å². The van der Waals surface area contributed by atoms with Gasteiger partial charge in [0, 0.05) is 25.2 Å². The van der Waals surface area contributed by atoms with Crippen molar-refractivity contribution in [3.8, 4) is 0 Å². The van der Waals surface area contributed by atoms with Crippen LogP contribution in [0.2, 0.25) is 0 Å². The predicted molar refractivity (Wildman–Crippen MR) is 95.5 cm³/mol. The number of amides is 2. The van der Waals surface area contributed by atoms with Gasteiger partial charge in [-0.05, 0) is 31.1 Å². The van der Waals surface area contributed by atoms with Gasteiger partial charge in [-0.15, -0.1) is 11.3 Å². The van der Waals surface area contributed by atoms with E-state index in [1.54, 1.807) is 17.4 Å². The van der Waals surface area contributed by atoms with E-state index in [0.717, 1.165) is 41.2 Å². The summed E-state index contributed by atoms with van der Waals surface area (Å²) in [4.78, 5) is 29.4. The average Bonchev–Trinajstić information content (AvgIpc) is 2.97. The molecule has 0 bridgehead atoms. The minimum absolute atomic E-state index is 0.109. The molecule has 1 aliphatic rings. The molecule has 126 valence electrons. The van der Waals surface area contributed by atoms with Crippen molar-refractivity contribution in [1.82, 2.24) is 15.2 Å². The molecule has 0 spiro atoms. The van der Waals surface area contributed by atoms with Crippen molar-refractivity contribution >= 4 is 39.4 Å². The largest absolute Gasteiger partial charge is 0.369 e. The minimum Gasteiger partial charge on any atom is -0.369 e. The van der Waals surface area contributed by atoms with Gasteiger partial charge in [-0.3, -0.25) is 14.5 Å². The number of hydrogen-bond acceptors (Lipinski definition) is 5. The van der Waals surface area contributed by atoms with Gasteiger partial charge in [-0.2, -0.15) is 0 Å². The van der Waals surface area contributed by atoms with Gasteiger partial charge in [-0.1, -0.05) is 12.1 Å². The lowest BCUT2D eigenvalue weighted by Gasteiger charge is -2.31. The van der Waals surface area contributed by atoms with Gasteiger partial charge in [0.15, 0.2) is 0 Å². The number of piperidine rings is 1. The Hall–Kier alpha value is -2.25. The summed E-state index contributed by atoms with van der Waals surface area (Å²) in [6, 6.07) is 8.05. The molecule has 0 radical (unpaired) electrons. The Morgan fingerprint density at radius 3 is 2.79 bits per heavy atom. The number of thiazole rings is 1. The number of para-hydroxylation sites is 1. The first kappa shape index (κ1) is 16.6. The lowest BCUT2D eigenvalue weighted by Crippen LogP contribution is -2.46. The molecule has 1 fully saturated rings. The van der Waals surface area contributed by atoms with Crippen LogP contribution in [0.3, 0.4) is 0 Å². The van der Waals surface area contributed by atoms with E-state index in [2.05, 4.69) is 10.3 Å². The smallest absolute Gasteiger partial charge is 0.244 e. The first-order valence-electron chi connectivity index (χ1n) is 7.95. The van der Waals surface area contributed by atoms with Crippen molar-refractivity contribution in [3.05, 3.63) is 35.3 Å². The molecule has 1 aromatic heterocycles. The maximum absolute atomic E-state index is 12.1. The van der Waals surface area contributed by atoms with Gasteiger partial charge in [0.05, 0.1) is 16.8 Å². The van der Waals surface area contributed by atoms with E-state index in [-0.39, 0.29) is 24.4 Å². The number of nitrogens with zero attached hydrogens (tertiary/aromatic N) is 2. The van der Waals surface area contributed by atoms with Gasteiger partial charge >= 0.3 is 0 Å². The average molecular weight is 344 g/mol. The molecule has 7 heteroatoms. The highest BCUT2D eigenvalue weighted by Crippen LogP contribution is 2.22. The summed E-state index contributed by atoms with van der Waals surface area (Å²) < 4.78 is 1.11. The van der Waals surface area contributed by atoms with E-state index in [1.807, 2.05) is 29.2 Å². The molecule has 0 unspecified atom stereocenters. The summed E-state index contributed by atoms with van der Waals surface area (Å²) in [5.41, 5.74) is 6.15. The molecule has 1 saturated heterocycles. The van der Waals surface area contributed by atoms with Gasteiger partial charge < -0.3 is 11.1 Å². The second kappa shape index (κ2) is 7.55. The number of carbonyl (C=O) groups is 2. The standard InChI is InChI=1S/C17H20N4O2S/c18-15(22)11-21-9-7-12(8-10-21)19-16(23)5-6-17-20-13-3-1-2-4-14(13)24-17/h1-6,12H,7-11H2,(H2,18,22)(H,19,23). The van der Waals surface area contributed by atoms with Crippen LogP contribution in [-0.4, -0.2) is 47.4 Å². The van der Waals surface area contributed by atoms with Crippen molar-refractivity contribution in [1.29, 1.82) is 0 Å². The molecule has 2 amide bonds. The zero-order chi connectivity index (χ0) is 16.9. The van der Waals surface area contributed by atoms with Crippen molar-refractivity contribution in [2.75, 3.05) is 19.6 Å². The maximum Gasteiger partial charge on any atom is 0.244 e. The number of carbonyl (C=O) groups excluding carboxylic acids is 2. The second-order valence-corrected chi connectivity index (χ2v) is 6.94. The van der Waals surface area contributed by atoms with E-state index < -0.39 is 0 Å². The zero-order valence-corrected chi connectivity index (χ0v) is 14.1. The highest BCUT2D eigenvalue weighted by Gasteiger charge is 2.20. The van der Waals surface area contributed by atoms with E-state index in [9.17, 15) is 9.59 Å². The number of aromatic nitrogens is 1. The third kappa shape index (κ3) is 4.39. The Morgan fingerprint density at radius 1 is 1.33 bits per heavy atom. The van der Waals surface area contributed by atoms with Crippen LogP contribution in [0.15, 0.2) is 30.3 Å². The molecule has 3 N–H and O–H groups in total. The fraction of sp³-hybridized carbons (Fsp3) is 0.353. The molecule has 0 saturated carbocycles. The number of likely N-dealkylation sites (tertiary alicyclic amines) is 1. The fourth-order valence-electron chi connectivity index (χ4n) is 2.81. The molecule has 24 heavy (non-hydrogen) atoms. The third-order valence-electron chi connectivity index (χ3n) is 4.00. The molecule has 2 aromatic rings. The number of primary amides is 1. The van der Waals surface area contributed by atoms with E-state index in [4.69, 9.17) is 5.73 Å². The normalized spacial score (nSPS) is 16.7. The number of hydrogen-bond donors (Lipinski definition) is 2. The number of rotatable bonds is 5. The van der Waals surface area contributed by atoms with Gasteiger partial charge in [-0.25, -0.2) is 4.98 Å². The summed E-state index contributed by atoms with van der Waals surface area (Å²) in [6.07, 6.45) is 4.94. The van der Waals surface area contributed by atoms with Gasteiger partial charge in [0.2, 0.25) is 11.8 Å². The third-order valence-corrected chi connectivity index (χ3v) is 5.00. The summed E-state index contributed by atoms with van der Waals surface area (Å²) in [5, 5.41) is 3.83. The molecular formula is C17H20N4O2S. The second-order valence-electron chi connectivity index (χ2n) is 5.88. The molecule has 0 aliphatic carbocycles. The van der Waals surface area contributed by atoms with E-state index in [0.29, 0.717) is 0 Å². The van der Waals surface area contributed by atoms with Crippen molar-refractivity contribution < 1.29 is 9.59 Å². The predicted octanol–water partition coefficient (Wildman–Crippen LogP) is 1.38. The Kier molecular flexibility index (Phi) is 5.22. The van der Waals surface area contributed by atoms with Crippen LogP contribution < -0.4 is 11.1 Å². The highest BCUT2D eigenvalue weighted by molar-refractivity contribution is 7.19. The first-order chi connectivity index (χ1) is 11.6. The Labute approximate surface area is 144 Å². The fourth-order valence-corrected chi connectivity index (χ4v) is 3.68. The lowest BCUT2D eigenvalue weighted by molar-refractivity contribution is -0.120. The lowest BCUT2D eigenvalue weighted by atomic mass is 10.1. The van der Waals surface area contributed by atoms with Crippen LogP contribution in [0.4, 0.5) is 0 Å². The van der Waals surface area contributed by atoms with Crippen molar-refractivity contribution in [2.24, 2.45) is 5.73 Å². The Balaban J connectivity index is 1.50. The molecule has 6 nitrogen and oxygen atoms in total. The van der Waals surface area contributed by atoms with Crippen LogP contribution in [0.5, 0.6) is 0 Å². The number of nitrogens with two attached hydrogens (primary N) is 1. The molecule has 0 atom stereocenters. The zero-order valence-electron chi connectivity index (χ0n) is 13.3. The molecule has 3 rings (SSSR count). The van der Waals surface area contributed by atoms with Crippen LogP contribution in [0.1, 0.15) is 17.8 Å². The maximum atomic E-state index is 12.1. The van der Waals surface area contributed by atoms with E-state index >= 15 is 0 Å². The first-order valence-corrected chi connectivity index (χ1v) is 8.76. The minimum atomic E-state index is -0.309. The van der Waals surface area contributed by atoms with Crippen LogP contribution in [0, 0.1) is 0 Å². The quantitative estimate of drug-likeness (QED) is 0.802.